The third-order valence-electron chi connectivity index (χ3n) is 5.57. The molecule has 4 nitrogen and oxygen atoms in total. The van der Waals surface area contributed by atoms with E-state index >= 15 is 0 Å². The molecule has 0 bridgehead atoms. The van der Waals surface area contributed by atoms with Crippen molar-refractivity contribution in [1.29, 1.82) is 10.7 Å². The van der Waals surface area contributed by atoms with Gasteiger partial charge in [0, 0.05) is 32.2 Å². The van der Waals surface area contributed by atoms with Crippen LogP contribution in [0.3, 0.4) is 0 Å². The highest BCUT2D eigenvalue weighted by Crippen LogP contribution is 2.62. The summed E-state index contributed by atoms with van der Waals surface area (Å²) in [6.07, 6.45) is 0. The van der Waals surface area contributed by atoms with Gasteiger partial charge in [0.2, 0.25) is 5.71 Å². The second kappa shape index (κ2) is 6.72. The lowest BCUT2D eigenvalue weighted by molar-refractivity contribution is -0.476. The molecule has 0 unspecified atom stereocenters. The third kappa shape index (κ3) is 2.89. The molecule has 2 aromatic carbocycles. The molecule has 138 valence electrons. The Morgan fingerprint density at radius 1 is 1.00 bits per heavy atom. The molecule has 28 heavy (non-hydrogen) atoms. The van der Waals surface area contributed by atoms with Crippen molar-refractivity contribution >= 4 is 40.5 Å². The van der Waals surface area contributed by atoms with Gasteiger partial charge in [0.05, 0.1) is 11.8 Å². The van der Waals surface area contributed by atoms with E-state index in [2.05, 4.69) is 19.7 Å². The molecular weight excluding hydrogens is 391 g/mol. The van der Waals surface area contributed by atoms with Gasteiger partial charge in [-0.2, -0.15) is 5.26 Å². The predicted molar refractivity (Wildman–Crippen MR) is 111 cm³/mol. The van der Waals surface area contributed by atoms with Crippen LogP contribution in [-0.2, 0) is 0 Å². The molecule has 1 N–H and O–H groups in total. The van der Waals surface area contributed by atoms with Crippen molar-refractivity contribution < 1.29 is 4.68 Å². The topological polar surface area (TPSA) is 63.0 Å². The van der Waals surface area contributed by atoms with Crippen molar-refractivity contribution in [3.8, 4) is 6.07 Å². The zero-order valence-corrected chi connectivity index (χ0v) is 16.9. The molecule has 2 aromatic rings. The lowest BCUT2D eigenvalue weighted by atomic mass is 9.98. The number of fused-ring (bicyclic) bond motifs is 1. The molecule has 1 saturated carbocycles. The second-order valence-corrected chi connectivity index (χ2v) is 8.43. The first-order valence-corrected chi connectivity index (χ1v) is 9.61. The van der Waals surface area contributed by atoms with Crippen LogP contribution in [0.2, 0.25) is 10.0 Å². The number of nitriles is 1. The number of hydrogen-bond acceptors (Lipinski definition) is 3. The van der Waals surface area contributed by atoms with Crippen LogP contribution >= 0.6 is 23.2 Å². The number of allylic oxidation sites excluding steroid dienone is 1. The highest BCUT2D eigenvalue weighted by Gasteiger charge is 2.68. The molecular formula is C22H17Cl2N4+. The summed E-state index contributed by atoms with van der Waals surface area (Å²) >= 11 is 12.1. The SMILES string of the molecule is CC1(C)[C@@H]2C(c3ccc(Cl)cc3)=N[N+](C(=C=N)C#N)=C(c3ccc(Cl)cc3)[C@@H]21. The van der Waals surface area contributed by atoms with E-state index < -0.39 is 0 Å². The van der Waals surface area contributed by atoms with Crippen LogP contribution in [0.4, 0.5) is 0 Å². The van der Waals surface area contributed by atoms with Gasteiger partial charge in [-0.15, -0.1) is 0 Å². The Hall–Kier alpha value is -2.70. The van der Waals surface area contributed by atoms with Crippen molar-refractivity contribution in [3.05, 3.63) is 75.4 Å². The van der Waals surface area contributed by atoms with Gasteiger partial charge in [-0.25, -0.2) is 0 Å². The van der Waals surface area contributed by atoms with Gasteiger partial charge in [-0.05, 0) is 46.5 Å². The highest BCUT2D eigenvalue weighted by molar-refractivity contribution is 6.31. The fourth-order valence-electron chi connectivity index (χ4n) is 4.09. The lowest BCUT2D eigenvalue weighted by Crippen LogP contribution is -2.28. The molecule has 1 fully saturated rings. The van der Waals surface area contributed by atoms with Crippen molar-refractivity contribution in [1.82, 2.24) is 0 Å². The highest BCUT2D eigenvalue weighted by atomic mass is 35.5. The Balaban J connectivity index is 1.98. The van der Waals surface area contributed by atoms with Gasteiger partial charge in [-0.3, -0.25) is 5.41 Å². The fourth-order valence-corrected chi connectivity index (χ4v) is 4.35. The van der Waals surface area contributed by atoms with Crippen LogP contribution in [0.1, 0.15) is 25.0 Å². The summed E-state index contributed by atoms with van der Waals surface area (Å²) in [5.41, 5.74) is 3.72. The molecule has 0 saturated heterocycles. The number of nitrogens with zero attached hydrogens (tertiary/aromatic N) is 3. The molecule has 2 aliphatic rings. The van der Waals surface area contributed by atoms with E-state index in [9.17, 15) is 5.26 Å². The van der Waals surface area contributed by atoms with Crippen LogP contribution in [0.15, 0.2) is 59.3 Å². The van der Waals surface area contributed by atoms with E-state index in [4.69, 9.17) is 33.7 Å². The van der Waals surface area contributed by atoms with Crippen molar-refractivity contribution in [2.24, 2.45) is 22.4 Å². The van der Waals surface area contributed by atoms with E-state index in [1.54, 1.807) is 4.68 Å². The van der Waals surface area contributed by atoms with Crippen LogP contribution in [0, 0.1) is 34.0 Å². The smallest absolute Gasteiger partial charge is 0.252 e. The second-order valence-electron chi connectivity index (χ2n) is 7.56. The first-order chi connectivity index (χ1) is 13.4. The number of hydrogen-bond donors (Lipinski definition) is 1. The molecule has 2 atom stereocenters. The van der Waals surface area contributed by atoms with Crippen molar-refractivity contribution in [3.63, 3.8) is 0 Å². The molecule has 6 heteroatoms. The molecule has 0 radical (unpaired) electrons. The maximum atomic E-state index is 9.58. The number of nitrogens with one attached hydrogen (secondary N) is 1. The van der Waals surface area contributed by atoms with Gasteiger partial charge in [0.1, 0.15) is 5.71 Å². The van der Waals surface area contributed by atoms with E-state index in [0.29, 0.717) is 10.0 Å². The van der Waals surface area contributed by atoms with Gasteiger partial charge in [0.25, 0.3) is 0 Å². The number of hydrazone groups is 1. The summed E-state index contributed by atoms with van der Waals surface area (Å²) in [5, 5.41) is 23.3. The van der Waals surface area contributed by atoms with E-state index in [1.807, 2.05) is 54.6 Å². The summed E-state index contributed by atoms with van der Waals surface area (Å²) in [5.74, 6) is 2.61. The van der Waals surface area contributed by atoms with E-state index in [1.165, 1.54) is 0 Å². The first-order valence-electron chi connectivity index (χ1n) is 8.85. The van der Waals surface area contributed by atoms with Crippen LogP contribution in [-0.4, -0.2) is 22.0 Å². The van der Waals surface area contributed by atoms with Crippen molar-refractivity contribution in [2.45, 2.75) is 13.8 Å². The number of halogens is 2. The van der Waals surface area contributed by atoms with Gasteiger partial charge < -0.3 is 0 Å². The third-order valence-corrected chi connectivity index (χ3v) is 6.07. The molecule has 0 spiro atoms. The quantitative estimate of drug-likeness (QED) is 0.427. The summed E-state index contributed by atoms with van der Waals surface area (Å²) in [6, 6.07) is 17.1. The summed E-state index contributed by atoms with van der Waals surface area (Å²) in [6.45, 7) is 4.40. The standard InChI is InChI=1S/C22H17Cl2N4/c1-22(2)18-19(22)21(14-5-9-16(24)10-6-14)28(17(11-25)12-26)27-20(18)13-3-7-15(23)8-4-13/h3-10,18-19,25H,1-2H3/q+1/t18-,19+/m0/s1. The summed E-state index contributed by atoms with van der Waals surface area (Å²) < 4.78 is 1.57. The molecule has 0 aromatic heterocycles. The molecule has 1 aliphatic heterocycles. The molecule has 4 rings (SSSR count). The lowest BCUT2D eigenvalue weighted by Gasteiger charge is -2.11. The Bertz CT molecular complexity index is 1110. The monoisotopic (exact) mass is 407 g/mol. The maximum Gasteiger partial charge on any atom is 0.376 e. The minimum atomic E-state index is -0.0369. The summed E-state index contributed by atoms with van der Waals surface area (Å²) in [7, 11) is 0. The Labute approximate surface area is 173 Å². The maximum absolute atomic E-state index is 9.58. The largest absolute Gasteiger partial charge is 0.376 e. The zero-order chi connectivity index (χ0) is 20.1. The fraction of sp³-hybridized carbons (Fsp3) is 0.227. The van der Waals surface area contributed by atoms with Crippen LogP contribution in [0.5, 0.6) is 0 Å². The predicted octanol–water partition coefficient (Wildman–Crippen LogP) is 5.14. The Morgan fingerprint density at radius 2 is 1.54 bits per heavy atom. The minimum absolute atomic E-state index is 0.0369. The summed E-state index contributed by atoms with van der Waals surface area (Å²) in [4.78, 5) is 0. The zero-order valence-electron chi connectivity index (χ0n) is 15.4. The normalized spacial score (nSPS) is 21.9. The minimum Gasteiger partial charge on any atom is -0.252 e. The van der Waals surface area contributed by atoms with Crippen LogP contribution < -0.4 is 0 Å². The van der Waals surface area contributed by atoms with E-state index in [0.717, 1.165) is 22.6 Å². The Morgan fingerprint density at radius 3 is 2.04 bits per heavy atom. The molecule has 0 amide bonds. The first kappa shape index (κ1) is 18.7. The van der Waals surface area contributed by atoms with Gasteiger partial charge >= 0.3 is 5.70 Å². The number of rotatable bonds is 3. The van der Waals surface area contributed by atoms with Gasteiger partial charge in [-0.1, -0.05) is 49.2 Å². The average molecular weight is 408 g/mol. The van der Waals surface area contributed by atoms with Crippen molar-refractivity contribution in [2.75, 3.05) is 0 Å². The van der Waals surface area contributed by atoms with Gasteiger partial charge in [0.15, 0.2) is 6.07 Å². The molecule has 1 heterocycles. The average Bonchev–Trinajstić information content (AvgIpc) is 3.26. The van der Waals surface area contributed by atoms with Crippen LogP contribution in [0.25, 0.3) is 0 Å². The van der Waals surface area contributed by atoms with E-state index in [-0.39, 0.29) is 22.9 Å². The number of benzene rings is 2. The Kier molecular flexibility index (Phi) is 4.48. The molecule has 1 aliphatic carbocycles.